The molecule has 24 heavy (non-hydrogen) atoms. The summed E-state index contributed by atoms with van der Waals surface area (Å²) in [4.78, 5) is 28.9. The Kier molecular flexibility index (Phi) is 3.86. The van der Waals surface area contributed by atoms with Gasteiger partial charge in [-0.05, 0) is 43.3 Å². The molecule has 1 fully saturated rings. The van der Waals surface area contributed by atoms with E-state index in [0.717, 1.165) is 41.1 Å². The van der Waals surface area contributed by atoms with Gasteiger partial charge in [0.25, 0.3) is 0 Å². The van der Waals surface area contributed by atoms with Gasteiger partial charge in [-0.3, -0.25) is 4.79 Å². The molecule has 122 valence electrons. The highest BCUT2D eigenvalue weighted by atomic mass is 32.1. The van der Waals surface area contributed by atoms with E-state index >= 15 is 0 Å². The number of carbonyl (C=O) groups is 1. The van der Waals surface area contributed by atoms with Crippen LogP contribution in [0.15, 0.2) is 36.0 Å². The number of carbonyl (C=O) groups excluding carboxylic acids is 1. The van der Waals surface area contributed by atoms with Gasteiger partial charge in [0, 0.05) is 12.2 Å². The van der Waals surface area contributed by atoms with Gasteiger partial charge in [0.1, 0.15) is 28.8 Å². The predicted molar refractivity (Wildman–Crippen MR) is 95.4 cm³/mol. The monoisotopic (exact) mass is 339 g/mol. The summed E-state index contributed by atoms with van der Waals surface area (Å²) in [6.45, 7) is 2.73. The van der Waals surface area contributed by atoms with E-state index in [0.29, 0.717) is 5.82 Å². The van der Waals surface area contributed by atoms with Crippen molar-refractivity contribution in [1.82, 2.24) is 15.0 Å². The minimum Gasteiger partial charge on any atom is -0.344 e. The van der Waals surface area contributed by atoms with Crippen molar-refractivity contribution in [2.45, 2.75) is 25.8 Å². The van der Waals surface area contributed by atoms with Crippen molar-refractivity contribution in [2.75, 3.05) is 16.8 Å². The summed E-state index contributed by atoms with van der Waals surface area (Å²) < 4.78 is 0. The van der Waals surface area contributed by atoms with Crippen molar-refractivity contribution in [1.29, 1.82) is 0 Å². The van der Waals surface area contributed by atoms with Gasteiger partial charge in [0.2, 0.25) is 5.91 Å². The molecule has 4 rings (SSSR count). The number of thiophene rings is 1. The highest BCUT2D eigenvalue weighted by Crippen LogP contribution is 2.32. The van der Waals surface area contributed by atoms with Gasteiger partial charge >= 0.3 is 0 Å². The Morgan fingerprint density at radius 1 is 1.33 bits per heavy atom. The van der Waals surface area contributed by atoms with E-state index in [-0.39, 0.29) is 11.9 Å². The average molecular weight is 339 g/mol. The van der Waals surface area contributed by atoms with Crippen molar-refractivity contribution >= 4 is 39.1 Å². The summed E-state index contributed by atoms with van der Waals surface area (Å²) in [7, 11) is 0. The molecule has 3 aromatic rings. The Morgan fingerprint density at radius 2 is 2.25 bits per heavy atom. The van der Waals surface area contributed by atoms with Gasteiger partial charge in [-0.15, -0.1) is 11.3 Å². The number of anilines is 2. The number of fused-ring (bicyclic) bond motifs is 1. The Labute approximate surface area is 143 Å². The standard InChI is InChI=1S/C17H17N5OS/c1-11-4-2-6-14(20-11)21-16(23)13-5-3-8-22(13)15-12-7-9-24-17(12)19-10-18-15/h2,4,6-7,9-10,13H,3,5,8H2,1H3,(H,20,21,23)/t13-/m0/s1. The minimum atomic E-state index is -0.231. The van der Waals surface area contributed by atoms with E-state index in [4.69, 9.17) is 0 Å². The second kappa shape index (κ2) is 6.16. The fraction of sp³-hybridized carbons (Fsp3) is 0.294. The predicted octanol–water partition coefficient (Wildman–Crippen LogP) is 3.00. The van der Waals surface area contributed by atoms with E-state index in [9.17, 15) is 4.79 Å². The first-order valence-corrected chi connectivity index (χ1v) is 8.80. The zero-order valence-corrected chi connectivity index (χ0v) is 14.1. The van der Waals surface area contributed by atoms with Crippen LogP contribution in [0.1, 0.15) is 18.5 Å². The van der Waals surface area contributed by atoms with Crippen molar-refractivity contribution in [3.8, 4) is 0 Å². The molecule has 0 spiro atoms. The Balaban J connectivity index is 1.60. The van der Waals surface area contributed by atoms with Crippen LogP contribution in [0.2, 0.25) is 0 Å². The molecule has 1 aliphatic heterocycles. The van der Waals surface area contributed by atoms with Gasteiger partial charge in [-0.2, -0.15) is 0 Å². The van der Waals surface area contributed by atoms with E-state index in [2.05, 4.69) is 25.2 Å². The molecule has 0 aliphatic carbocycles. The average Bonchev–Trinajstić information content (AvgIpc) is 3.23. The molecule has 0 radical (unpaired) electrons. The van der Waals surface area contributed by atoms with E-state index in [1.54, 1.807) is 17.7 Å². The Hall–Kier alpha value is -2.54. The van der Waals surface area contributed by atoms with Crippen molar-refractivity contribution in [3.05, 3.63) is 41.7 Å². The quantitative estimate of drug-likeness (QED) is 0.794. The van der Waals surface area contributed by atoms with Gasteiger partial charge in [0.15, 0.2) is 0 Å². The number of aryl methyl sites for hydroxylation is 1. The van der Waals surface area contributed by atoms with Crippen molar-refractivity contribution in [3.63, 3.8) is 0 Å². The van der Waals surface area contributed by atoms with Crippen LogP contribution in [0.5, 0.6) is 0 Å². The number of hydrogen-bond donors (Lipinski definition) is 1. The molecule has 4 heterocycles. The van der Waals surface area contributed by atoms with Crippen molar-refractivity contribution in [2.24, 2.45) is 0 Å². The summed E-state index contributed by atoms with van der Waals surface area (Å²) in [6.07, 6.45) is 3.35. The van der Waals surface area contributed by atoms with Crippen LogP contribution in [0.25, 0.3) is 10.2 Å². The number of hydrogen-bond acceptors (Lipinski definition) is 6. The molecule has 1 saturated heterocycles. The normalized spacial score (nSPS) is 17.4. The summed E-state index contributed by atoms with van der Waals surface area (Å²) in [5.41, 5.74) is 0.881. The second-order valence-corrected chi connectivity index (χ2v) is 6.74. The maximum atomic E-state index is 12.8. The molecule has 1 amide bonds. The molecular formula is C17H17N5OS. The van der Waals surface area contributed by atoms with Crippen LogP contribution in [0.3, 0.4) is 0 Å². The molecule has 3 aromatic heterocycles. The van der Waals surface area contributed by atoms with Crippen LogP contribution < -0.4 is 10.2 Å². The third-order valence-corrected chi connectivity index (χ3v) is 5.03. The van der Waals surface area contributed by atoms with Gasteiger partial charge in [0.05, 0.1) is 5.39 Å². The molecule has 7 heteroatoms. The van der Waals surface area contributed by atoms with Crippen LogP contribution in [-0.2, 0) is 4.79 Å². The summed E-state index contributed by atoms with van der Waals surface area (Å²) in [5.74, 6) is 1.40. The Bertz CT molecular complexity index is 893. The summed E-state index contributed by atoms with van der Waals surface area (Å²) in [5, 5.41) is 5.95. The van der Waals surface area contributed by atoms with Crippen LogP contribution >= 0.6 is 11.3 Å². The lowest BCUT2D eigenvalue weighted by Gasteiger charge is -2.25. The van der Waals surface area contributed by atoms with Gasteiger partial charge in [-0.25, -0.2) is 15.0 Å². The minimum absolute atomic E-state index is 0.0346. The van der Waals surface area contributed by atoms with E-state index in [1.165, 1.54) is 0 Å². The maximum absolute atomic E-state index is 12.8. The van der Waals surface area contributed by atoms with Crippen LogP contribution in [-0.4, -0.2) is 33.4 Å². The number of nitrogens with one attached hydrogen (secondary N) is 1. The van der Waals surface area contributed by atoms with Crippen LogP contribution in [0, 0.1) is 6.92 Å². The first kappa shape index (κ1) is 15.0. The molecule has 0 aromatic carbocycles. The summed E-state index contributed by atoms with van der Waals surface area (Å²) in [6, 6.07) is 7.40. The Morgan fingerprint density at radius 3 is 3.12 bits per heavy atom. The number of rotatable bonds is 3. The first-order chi connectivity index (χ1) is 11.7. The fourth-order valence-corrected chi connectivity index (χ4v) is 3.85. The number of pyridine rings is 1. The number of nitrogens with zero attached hydrogens (tertiary/aromatic N) is 4. The van der Waals surface area contributed by atoms with Gasteiger partial charge in [-0.1, -0.05) is 6.07 Å². The fourth-order valence-electron chi connectivity index (χ4n) is 3.12. The lowest BCUT2D eigenvalue weighted by atomic mass is 10.2. The highest BCUT2D eigenvalue weighted by Gasteiger charge is 2.33. The molecular weight excluding hydrogens is 322 g/mol. The maximum Gasteiger partial charge on any atom is 0.248 e. The molecule has 0 saturated carbocycles. The lowest BCUT2D eigenvalue weighted by Crippen LogP contribution is -2.40. The third kappa shape index (κ3) is 2.71. The number of amides is 1. The lowest BCUT2D eigenvalue weighted by molar-refractivity contribution is -0.117. The zero-order valence-electron chi connectivity index (χ0n) is 13.3. The zero-order chi connectivity index (χ0) is 16.5. The molecule has 6 nitrogen and oxygen atoms in total. The SMILES string of the molecule is Cc1cccc(NC(=O)[C@@H]2CCCN2c2ncnc3sccc23)n1. The molecule has 0 unspecified atom stereocenters. The van der Waals surface area contributed by atoms with Gasteiger partial charge < -0.3 is 10.2 Å². The smallest absolute Gasteiger partial charge is 0.248 e. The summed E-state index contributed by atoms with van der Waals surface area (Å²) >= 11 is 1.59. The topological polar surface area (TPSA) is 71.0 Å². The molecule has 0 bridgehead atoms. The molecule has 1 N–H and O–H groups in total. The van der Waals surface area contributed by atoms with E-state index in [1.807, 2.05) is 36.6 Å². The molecule has 1 atom stereocenters. The van der Waals surface area contributed by atoms with Crippen molar-refractivity contribution < 1.29 is 4.79 Å². The first-order valence-electron chi connectivity index (χ1n) is 7.92. The number of aromatic nitrogens is 3. The largest absolute Gasteiger partial charge is 0.344 e. The highest BCUT2D eigenvalue weighted by molar-refractivity contribution is 7.16. The third-order valence-electron chi connectivity index (χ3n) is 4.21. The molecule has 1 aliphatic rings. The van der Waals surface area contributed by atoms with Crippen LogP contribution in [0.4, 0.5) is 11.6 Å². The second-order valence-electron chi connectivity index (χ2n) is 5.84. The van der Waals surface area contributed by atoms with E-state index < -0.39 is 0 Å².